The minimum atomic E-state index is -1.66. The molecule has 3 saturated carbocycles. The summed E-state index contributed by atoms with van der Waals surface area (Å²) in [6.07, 6.45) is 11.4. The SMILES string of the molecule is CC.CC.C[C@@H]1CC2C3CCC4=CC(=O)C=CC4(C)C3C(O)CC2(C)C1C(=O)SCC#COC(=O)CC(C)(C)F.O=C(O)c1ccco1. The number of alkyl halides is 1. The number of thioether (sulfide) groups is 1. The molecule has 0 aliphatic heterocycles. The van der Waals surface area contributed by atoms with E-state index in [-0.39, 0.29) is 57.4 Å². The molecule has 1 aromatic rings. The maximum atomic E-state index is 13.5. The van der Waals surface area contributed by atoms with E-state index in [9.17, 15) is 28.7 Å². The lowest BCUT2D eigenvalue weighted by Crippen LogP contribution is -2.56. The number of rotatable bonds is 5. The third-order valence-corrected chi connectivity index (χ3v) is 10.7. The van der Waals surface area contributed by atoms with Gasteiger partial charge in [0.15, 0.2) is 10.9 Å². The highest BCUT2D eigenvalue weighted by Crippen LogP contribution is 2.67. The molecule has 1 aromatic heterocycles. The Labute approximate surface area is 289 Å². The molecule has 8 atom stereocenters. The molecule has 8 nitrogen and oxygen atoms in total. The second-order valence-corrected chi connectivity index (χ2v) is 14.5. The normalized spacial score (nSPS) is 31.1. The zero-order valence-electron chi connectivity index (χ0n) is 29.8. The van der Waals surface area contributed by atoms with E-state index >= 15 is 0 Å². The van der Waals surface area contributed by atoms with Gasteiger partial charge in [0.2, 0.25) is 5.76 Å². The first-order chi connectivity index (χ1) is 22.6. The third kappa shape index (κ3) is 9.50. The van der Waals surface area contributed by atoms with Gasteiger partial charge in [0, 0.05) is 17.3 Å². The second kappa shape index (κ2) is 17.5. The number of allylic oxidation sites excluding steroid dienone is 4. The summed E-state index contributed by atoms with van der Waals surface area (Å²) < 4.78 is 22.8. The average molecular weight is 689 g/mol. The first-order valence-electron chi connectivity index (χ1n) is 17.0. The molecular formula is C38H53FO8S. The monoisotopic (exact) mass is 688 g/mol. The number of hydrogen-bond donors (Lipinski definition) is 2. The number of esters is 1. The van der Waals surface area contributed by atoms with Gasteiger partial charge in [-0.25, -0.2) is 9.18 Å². The number of carbonyl (C=O) groups excluding carboxylic acids is 3. The summed E-state index contributed by atoms with van der Waals surface area (Å²) >= 11 is 1.13. The zero-order valence-corrected chi connectivity index (χ0v) is 30.6. The predicted molar refractivity (Wildman–Crippen MR) is 186 cm³/mol. The van der Waals surface area contributed by atoms with Gasteiger partial charge in [-0.1, -0.05) is 71.9 Å². The fourth-order valence-electron chi connectivity index (χ4n) is 8.29. The van der Waals surface area contributed by atoms with Crippen molar-refractivity contribution < 1.29 is 42.9 Å². The molecule has 48 heavy (non-hydrogen) atoms. The van der Waals surface area contributed by atoms with Crippen LogP contribution in [0.25, 0.3) is 0 Å². The lowest BCUT2D eigenvalue weighted by atomic mass is 9.47. The molecule has 0 spiro atoms. The standard InChI is InChI=1S/C29H37FO5S.C5H4O3.2C2H6/c1-17-13-21-20-8-7-18-14-19(31)9-10-28(18,4)25(20)22(32)15-29(21,5)24(17)26(34)36-12-6-11-35-23(33)16-27(2,3)30;6-5(7)4-2-1-3-8-4;2*1-2/h9-10,14,17,20-22,24-25,32H,7-8,12-13,15-16H2,1-5H3;1-3H,(H,6,7);2*1-2H3/t17-,20?,21?,22?,24?,25?,28?,29?;;;/m1.../s1. The zero-order chi connectivity index (χ0) is 36.4. The van der Waals surface area contributed by atoms with Gasteiger partial charge in [0.05, 0.1) is 24.5 Å². The Morgan fingerprint density at radius 2 is 1.85 bits per heavy atom. The molecule has 1 heterocycles. The highest BCUT2D eigenvalue weighted by molar-refractivity contribution is 8.13. The summed E-state index contributed by atoms with van der Waals surface area (Å²) in [4.78, 5) is 47.0. The number of hydrogen-bond acceptors (Lipinski definition) is 8. The number of ether oxygens (including phenoxy) is 1. The quantitative estimate of drug-likeness (QED) is 0.233. The Hall–Kier alpha value is -3.16. The van der Waals surface area contributed by atoms with Gasteiger partial charge in [-0.3, -0.25) is 14.4 Å². The van der Waals surface area contributed by atoms with Crippen molar-refractivity contribution in [1.82, 2.24) is 0 Å². The summed E-state index contributed by atoms with van der Waals surface area (Å²) in [7, 11) is 0. The van der Waals surface area contributed by atoms with E-state index in [0.29, 0.717) is 18.3 Å². The lowest BCUT2D eigenvalue weighted by Gasteiger charge is -2.58. The van der Waals surface area contributed by atoms with Crippen LogP contribution in [0.5, 0.6) is 0 Å². The van der Waals surface area contributed by atoms with Crippen molar-refractivity contribution in [2.45, 2.75) is 106 Å². The van der Waals surface area contributed by atoms with E-state index in [1.165, 1.54) is 32.2 Å². The van der Waals surface area contributed by atoms with Crippen molar-refractivity contribution >= 4 is 34.6 Å². The number of aliphatic hydroxyl groups is 1. The van der Waals surface area contributed by atoms with Crippen LogP contribution in [0.15, 0.2) is 46.6 Å². The predicted octanol–water partition coefficient (Wildman–Crippen LogP) is 8.06. The number of furan rings is 1. The van der Waals surface area contributed by atoms with E-state index in [0.717, 1.165) is 36.6 Å². The van der Waals surface area contributed by atoms with Crippen molar-refractivity contribution in [1.29, 1.82) is 0 Å². The Morgan fingerprint density at radius 3 is 2.42 bits per heavy atom. The molecule has 0 saturated heterocycles. The third-order valence-electron chi connectivity index (χ3n) is 9.91. The molecule has 0 radical (unpaired) electrons. The molecule has 2 N–H and O–H groups in total. The summed E-state index contributed by atoms with van der Waals surface area (Å²) in [5, 5.41) is 19.7. The Bertz CT molecular complexity index is 1400. The number of aromatic carboxylic acids is 1. The average Bonchev–Trinajstić information content (AvgIpc) is 3.65. The Balaban J connectivity index is 0.000000571. The van der Waals surface area contributed by atoms with E-state index in [1.807, 2.05) is 33.8 Å². The topological polar surface area (TPSA) is 131 Å². The van der Waals surface area contributed by atoms with Crippen LogP contribution in [0.2, 0.25) is 0 Å². The number of carboxylic acid groups (broad SMARTS) is 1. The highest BCUT2D eigenvalue weighted by Gasteiger charge is 2.64. The summed E-state index contributed by atoms with van der Waals surface area (Å²) in [6.45, 7) is 17.1. The van der Waals surface area contributed by atoms with Crippen molar-refractivity contribution in [3.8, 4) is 12.0 Å². The lowest BCUT2D eigenvalue weighted by molar-refractivity contribution is -0.139. The van der Waals surface area contributed by atoms with Gasteiger partial charge in [-0.15, -0.1) is 0 Å². The maximum absolute atomic E-state index is 13.5. The number of carboxylic acids is 1. The molecule has 7 unspecified atom stereocenters. The van der Waals surface area contributed by atoms with Crippen LogP contribution in [-0.2, 0) is 19.1 Å². The molecule has 5 rings (SSSR count). The summed E-state index contributed by atoms with van der Waals surface area (Å²) in [6, 6.07) is 2.92. The largest absolute Gasteiger partial charge is 0.475 e. The Kier molecular flexibility index (Phi) is 14.9. The molecule has 3 fully saturated rings. The van der Waals surface area contributed by atoms with Crippen LogP contribution in [-0.4, -0.2) is 50.6 Å². The van der Waals surface area contributed by atoms with Gasteiger partial charge in [-0.05, 0) is 92.9 Å². The van der Waals surface area contributed by atoms with E-state index in [2.05, 4.69) is 37.2 Å². The smallest absolute Gasteiger partial charge is 0.371 e. The van der Waals surface area contributed by atoms with Gasteiger partial charge < -0.3 is 19.4 Å². The molecule has 0 bridgehead atoms. The number of aliphatic hydroxyl groups excluding tert-OH is 1. The minimum absolute atomic E-state index is 0.0231. The van der Waals surface area contributed by atoms with Crippen molar-refractivity contribution in [2.24, 2.45) is 40.4 Å². The molecule has 0 amide bonds. The molecule has 4 aliphatic carbocycles. The molecule has 10 heteroatoms. The van der Waals surface area contributed by atoms with Crippen molar-refractivity contribution in [3.63, 3.8) is 0 Å². The van der Waals surface area contributed by atoms with Gasteiger partial charge in [0.25, 0.3) is 0 Å². The molecule has 4 aliphatic rings. The summed E-state index contributed by atoms with van der Waals surface area (Å²) in [5.41, 5.74) is -1.15. The van der Waals surface area contributed by atoms with Crippen LogP contribution in [0, 0.1) is 52.4 Å². The maximum Gasteiger partial charge on any atom is 0.371 e. The minimum Gasteiger partial charge on any atom is -0.475 e. The Morgan fingerprint density at radius 1 is 1.19 bits per heavy atom. The van der Waals surface area contributed by atoms with Gasteiger partial charge in [-0.2, -0.15) is 0 Å². The first kappa shape index (κ1) is 41.0. The van der Waals surface area contributed by atoms with Crippen LogP contribution < -0.4 is 0 Å². The summed E-state index contributed by atoms with van der Waals surface area (Å²) in [5.74, 6) is 1.79. The molecule has 266 valence electrons. The fourth-order valence-corrected chi connectivity index (χ4v) is 9.25. The van der Waals surface area contributed by atoms with Crippen LogP contribution in [0.4, 0.5) is 4.39 Å². The van der Waals surface area contributed by atoms with Crippen LogP contribution in [0.1, 0.15) is 105 Å². The van der Waals surface area contributed by atoms with E-state index in [1.54, 1.807) is 12.2 Å². The second-order valence-electron chi connectivity index (χ2n) is 13.5. The number of fused-ring (bicyclic) bond motifs is 5. The van der Waals surface area contributed by atoms with Crippen LogP contribution in [0.3, 0.4) is 0 Å². The molecule has 0 aromatic carbocycles. The van der Waals surface area contributed by atoms with Gasteiger partial charge in [0.1, 0.15) is 11.8 Å². The van der Waals surface area contributed by atoms with Crippen LogP contribution >= 0.6 is 11.8 Å². The van der Waals surface area contributed by atoms with E-state index < -0.39 is 23.7 Å². The van der Waals surface area contributed by atoms with Crippen molar-refractivity contribution in [3.05, 3.63) is 48.0 Å². The van der Waals surface area contributed by atoms with Crippen molar-refractivity contribution in [2.75, 3.05) is 5.75 Å². The first-order valence-corrected chi connectivity index (χ1v) is 18.0. The number of carbonyl (C=O) groups is 4. The number of ketones is 1. The fraction of sp³-hybridized carbons (Fsp3) is 0.632. The number of halogens is 1. The van der Waals surface area contributed by atoms with E-state index in [4.69, 9.17) is 9.84 Å². The molecular weight excluding hydrogens is 635 g/mol. The highest BCUT2D eigenvalue weighted by atomic mass is 32.2. The van der Waals surface area contributed by atoms with Gasteiger partial charge >= 0.3 is 11.9 Å².